The molecule has 0 saturated heterocycles. The summed E-state index contributed by atoms with van der Waals surface area (Å²) >= 11 is 0. The molecule has 0 rings (SSSR count). The lowest BCUT2D eigenvalue weighted by molar-refractivity contribution is 0.139. The second-order valence-corrected chi connectivity index (χ2v) is 10.9. The van der Waals surface area contributed by atoms with E-state index in [2.05, 4.69) is 38.5 Å². The highest BCUT2D eigenvalue weighted by molar-refractivity contribution is 6.81. The predicted octanol–water partition coefficient (Wildman–Crippen LogP) is 2.73. The van der Waals surface area contributed by atoms with E-state index in [4.69, 9.17) is 0 Å². The number of hydrogen-bond acceptors (Lipinski definition) is 2. The van der Waals surface area contributed by atoms with E-state index >= 15 is 0 Å². The summed E-state index contributed by atoms with van der Waals surface area (Å²) in [5.74, 6) is 0.233. The molecule has 0 radical (unpaired) electrons. The molecule has 0 saturated carbocycles. The van der Waals surface area contributed by atoms with Gasteiger partial charge in [0.15, 0.2) is 0 Å². The normalized spacial score (nSPS) is 18.1. The van der Waals surface area contributed by atoms with Crippen LogP contribution in [0.25, 0.3) is 0 Å². The molecule has 0 fully saturated rings. The van der Waals surface area contributed by atoms with E-state index in [0.717, 1.165) is 0 Å². The third kappa shape index (κ3) is 3.21. The molecule has 1 unspecified atom stereocenters. The van der Waals surface area contributed by atoms with Gasteiger partial charge in [0.2, 0.25) is 0 Å². The van der Waals surface area contributed by atoms with Crippen molar-refractivity contribution in [2.45, 2.75) is 58.6 Å². The highest BCUT2D eigenvalue weighted by atomic mass is 28.3. The molecule has 0 aromatic carbocycles. The van der Waals surface area contributed by atoms with E-state index in [1.807, 2.05) is 13.8 Å². The fourth-order valence-corrected chi connectivity index (χ4v) is 3.67. The van der Waals surface area contributed by atoms with Gasteiger partial charge in [-0.2, -0.15) is 0 Å². The minimum Gasteiger partial charge on any atom is -0.388 e. The van der Waals surface area contributed by atoms with Crippen molar-refractivity contribution in [2.24, 2.45) is 10.9 Å². The van der Waals surface area contributed by atoms with E-state index in [-0.39, 0.29) is 12.0 Å². The summed E-state index contributed by atoms with van der Waals surface area (Å²) < 4.78 is 0. The van der Waals surface area contributed by atoms with Crippen LogP contribution >= 0.6 is 0 Å². The van der Waals surface area contributed by atoms with Crippen LogP contribution in [0.1, 0.15) is 27.7 Å². The number of nitrogens with zero attached hydrogens (tertiary/aromatic N) is 1. The van der Waals surface area contributed by atoms with Crippen LogP contribution in [-0.4, -0.2) is 30.7 Å². The van der Waals surface area contributed by atoms with Gasteiger partial charge in [0, 0.05) is 12.3 Å². The Morgan fingerprint density at radius 1 is 1.14 bits per heavy atom. The van der Waals surface area contributed by atoms with Gasteiger partial charge >= 0.3 is 0 Å². The largest absolute Gasteiger partial charge is 0.388 e. The summed E-state index contributed by atoms with van der Waals surface area (Å²) in [7, 11) is -1.63. The van der Waals surface area contributed by atoms with Crippen molar-refractivity contribution in [1.29, 1.82) is 0 Å². The van der Waals surface area contributed by atoms with Crippen LogP contribution in [0, 0.1) is 5.92 Å². The molecule has 0 aliphatic carbocycles. The molecule has 1 N–H and O–H groups in total. The summed E-state index contributed by atoms with van der Waals surface area (Å²) in [6.45, 7) is 14.7. The monoisotopic (exact) mass is 215 g/mol. The van der Waals surface area contributed by atoms with Gasteiger partial charge < -0.3 is 5.11 Å². The van der Waals surface area contributed by atoms with Gasteiger partial charge in [0.25, 0.3) is 0 Å². The second kappa shape index (κ2) is 4.58. The highest BCUT2D eigenvalue weighted by Gasteiger charge is 2.42. The Morgan fingerprint density at radius 3 is 1.79 bits per heavy atom. The molecule has 0 spiro atoms. The average molecular weight is 215 g/mol. The fraction of sp³-hybridized carbons (Fsp3) is 0.909. The number of aliphatic imine (C=N–C) groups is 1. The number of hydrogen-bond donors (Lipinski definition) is 1. The average Bonchev–Trinajstić information content (AvgIpc) is 1.97. The maximum absolute atomic E-state index is 10.6. The third-order valence-electron chi connectivity index (χ3n) is 2.65. The van der Waals surface area contributed by atoms with Crippen molar-refractivity contribution in [1.82, 2.24) is 0 Å². The fourth-order valence-electron chi connectivity index (χ4n) is 1.47. The van der Waals surface area contributed by atoms with Gasteiger partial charge in [-0.3, -0.25) is 4.99 Å². The molecule has 1 atom stereocenters. The summed E-state index contributed by atoms with van der Waals surface area (Å²) in [5, 5.41) is 9.90. The first-order chi connectivity index (χ1) is 6.11. The van der Waals surface area contributed by atoms with E-state index in [9.17, 15) is 5.11 Å². The Hall–Kier alpha value is -0.153. The van der Waals surface area contributed by atoms with Crippen LogP contribution < -0.4 is 0 Å². The maximum atomic E-state index is 10.6. The Morgan fingerprint density at radius 2 is 1.57 bits per heavy atom. The molecular formula is C11H25NOSi. The number of rotatable bonds is 4. The molecule has 2 nitrogen and oxygen atoms in total. The lowest BCUT2D eigenvalue weighted by atomic mass is 10.1. The second-order valence-electron chi connectivity index (χ2n) is 5.60. The molecular weight excluding hydrogens is 190 g/mol. The van der Waals surface area contributed by atoms with Gasteiger partial charge in [-0.25, -0.2) is 0 Å². The van der Waals surface area contributed by atoms with Crippen LogP contribution in [0.4, 0.5) is 0 Å². The zero-order valence-corrected chi connectivity index (χ0v) is 11.6. The molecule has 0 bridgehead atoms. The molecule has 14 heavy (non-hydrogen) atoms. The molecule has 84 valence electrons. The van der Waals surface area contributed by atoms with Gasteiger partial charge in [-0.1, -0.05) is 33.5 Å². The van der Waals surface area contributed by atoms with E-state index in [1.54, 1.807) is 6.21 Å². The van der Waals surface area contributed by atoms with Gasteiger partial charge in [0.1, 0.15) is 0 Å². The Balaban J connectivity index is 4.93. The van der Waals surface area contributed by atoms with Crippen LogP contribution in [0.15, 0.2) is 4.99 Å². The molecule has 0 aromatic rings. The zero-order chi connectivity index (χ0) is 11.6. The molecule has 0 aromatic heterocycles. The molecule has 0 aliphatic heterocycles. The Bertz CT molecular complexity index is 206. The SMILES string of the molecule is CC(C)N=CC(O)(C(C)C)[Si](C)(C)C. The summed E-state index contributed by atoms with van der Waals surface area (Å²) in [6, 6.07) is 0.261. The number of aliphatic hydroxyl groups is 1. The topological polar surface area (TPSA) is 32.6 Å². The van der Waals surface area contributed by atoms with E-state index in [0.29, 0.717) is 0 Å². The van der Waals surface area contributed by atoms with Crippen LogP contribution in [0.3, 0.4) is 0 Å². The van der Waals surface area contributed by atoms with Gasteiger partial charge in [-0.15, -0.1) is 0 Å². The standard InChI is InChI=1S/C11H25NOSi/c1-9(2)11(13,14(5,6)7)8-12-10(3)4/h8-10,13H,1-7H3. The lowest BCUT2D eigenvalue weighted by Crippen LogP contribution is -2.57. The van der Waals surface area contributed by atoms with Crippen molar-refractivity contribution in [3.8, 4) is 0 Å². The van der Waals surface area contributed by atoms with Crippen molar-refractivity contribution < 1.29 is 5.11 Å². The molecule has 0 amide bonds. The van der Waals surface area contributed by atoms with Crippen LogP contribution in [-0.2, 0) is 0 Å². The first-order valence-electron chi connectivity index (χ1n) is 5.38. The van der Waals surface area contributed by atoms with Crippen LogP contribution in [0.5, 0.6) is 0 Å². The minimum atomic E-state index is -1.63. The molecule has 0 aliphatic rings. The Labute approximate surface area is 89.5 Å². The predicted molar refractivity (Wildman–Crippen MR) is 66.8 cm³/mol. The van der Waals surface area contributed by atoms with Gasteiger partial charge in [0.05, 0.1) is 13.3 Å². The maximum Gasteiger partial charge on any atom is 0.0901 e. The highest BCUT2D eigenvalue weighted by Crippen LogP contribution is 2.27. The van der Waals surface area contributed by atoms with Crippen LogP contribution in [0.2, 0.25) is 19.6 Å². The minimum absolute atomic E-state index is 0.233. The van der Waals surface area contributed by atoms with Crippen molar-refractivity contribution in [3.63, 3.8) is 0 Å². The first-order valence-corrected chi connectivity index (χ1v) is 8.88. The smallest absolute Gasteiger partial charge is 0.0901 e. The van der Waals surface area contributed by atoms with Crippen molar-refractivity contribution in [2.75, 3.05) is 0 Å². The van der Waals surface area contributed by atoms with E-state index < -0.39 is 13.3 Å². The quantitative estimate of drug-likeness (QED) is 0.567. The van der Waals surface area contributed by atoms with Crippen molar-refractivity contribution >= 4 is 14.3 Å². The summed E-state index contributed by atoms with van der Waals surface area (Å²) in [6.07, 6.45) is 1.79. The lowest BCUT2D eigenvalue weighted by Gasteiger charge is -2.39. The van der Waals surface area contributed by atoms with E-state index in [1.165, 1.54) is 0 Å². The van der Waals surface area contributed by atoms with Crippen molar-refractivity contribution in [3.05, 3.63) is 0 Å². The zero-order valence-electron chi connectivity index (χ0n) is 10.6. The summed E-state index contributed by atoms with van der Waals surface area (Å²) in [4.78, 5) is 4.34. The van der Waals surface area contributed by atoms with Gasteiger partial charge in [-0.05, 0) is 19.8 Å². The summed E-state index contributed by atoms with van der Waals surface area (Å²) in [5.41, 5.74) is 0. The third-order valence-corrected chi connectivity index (χ3v) is 5.76. The molecule has 3 heteroatoms. The first kappa shape index (κ1) is 13.8. The molecule has 0 heterocycles. The Kier molecular flexibility index (Phi) is 4.53.